The lowest BCUT2D eigenvalue weighted by molar-refractivity contribution is 0.0303. The van der Waals surface area contributed by atoms with Crippen molar-refractivity contribution < 1.29 is 14.3 Å². The van der Waals surface area contributed by atoms with Gasteiger partial charge in [-0.2, -0.15) is 0 Å². The van der Waals surface area contributed by atoms with Gasteiger partial charge in [0, 0.05) is 29.2 Å². The van der Waals surface area contributed by atoms with E-state index >= 15 is 0 Å². The van der Waals surface area contributed by atoms with Crippen LogP contribution in [0.15, 0.2) is 42.5 Å². The third-order valence-electron chi connectivity index (χ3n) is 4.29. The Bertz CT molecular complexity index is 743. The zero-order chi connectivity index (χ0) is 18.4. The second-order valence-corrected chi connectivity index (χ2v) is 6.55. The molecule has 0 aromatic heterocycles. The molecule has 2 aromatic rings. The van der Waals surface area contributed by atoms with E-state index in [4.69, 9.17) is 26.8 Å². The molecule has 0 atom stereocenters. The monoisotopic (exact) mass is 374 g/mol. The molecule has 0 spiro atoms. The molecule has 1 aliphatic rings. The van der Waals surface area contributed by atoms with Crippen molar-refractivity contribution in [2.75, 3.05) is 39.5 Å². The Balaban J connectivity index is 1.79. The Hall–Kier alpha value is -2.08. The minimum absolute atomic E-state index is 0.0327. The van der Waals surface area contributed by atoms with Crippen LogP contribution in [0.3, 0.4) is 0 Å². The first-order chi connectivity index (χ1) is 12.7. The van der Waals surface area contributed by atoms with Crippen LogP contribution in [0.1, 0.15) is 16.8 Å². The average molecular weight is 375 g/mol. The maximum absolute atomic E-state index is 12.6. The molecule has 0 unspecified atom stereocenters. The lowest BCUT2D eigenvalue weighted by Crippen LogP contribution is -2.40. The molecule has 1 saturated heterocycles. The number of hydrogen-bond acceptors (Lipinski definition) is 4. The molecule has 1 fully saturated rings. The molecule has 138 valence electrons. The molecule has 0 saturated carbocycles. The van der Waals surface area contributed by atoms with Crippen molar-refractivity contribution in [3.8, 4) is 16.9 Å². The number of benzene rings is 2. The van der Waals surface area contributed by atoms with Crippen molar-refractivity contribution >= 4 is 17.5 Å². The second-order valence-electron chi connectivity index (χ2n) is 6.11. The smallest absolute Gasteiger partial charge is 0.254 e. The molecular weight excluding hydrogens is 352 g/mol. The van der Waals surface area contributed by atoms with Gasteiger partial charge in [0.1, 0.15) is 5.75 Å². The van der Waals surface area contributed by atoms with Crippen LogP contribution in [-0.2, 0) is 4.74 Å². The first-order valence-electron chi connectivity index (χ1n) is 8.79. The third kappa shape index (κ3) is 4.55. The van der Waals surface area contributed by atoms with E-state index in [2.05, 4.69) is 0 Å². The van der Waals surface area contributed by atoms with Gasteiger partial charge < -0.3 is 20.1 Å². The largest absolute Gasteiger partial charge is 0.493 e. The fourth-order valence-electron chi connectivity index (χ4n) is 2.86. The summed E-state index contributed by atoms with van der Waals surface area (Å²) >= 11 is 6.16. The molecule has 0 aliphatic carbocycles. The quantitative estimate of drug-likeness (QED) is 0.788. The normalized spacial score (nSPS) is 14.3. The summed E-state index contributed by atoms with van der Waals surface area (Å²) in [4.78, 5) is 14.4. The number of nitrogens with two attached hydrogens (primary N) is 1. The van der Waals surface area contributed by atoms with E-state index in [0.29, 0.717) is 50.0 Å². The van der Waals surface area contributed by atoms with Crippen LogP contribution in [-0.4, -0.2) is 50.3 Å². The Labute approximate surface area is 158 Å². The maximum atomic E-state index is 12.6. The second kappa shape index (κ2) is 9.03. The molecule has 5 nitrogen and oxygen atoms in total. The fourth-order valence-corrected chi connectivity index (χ4v) is 3.03. The highest BCUT2D eigenvalue weighted by Crippen LogP contribution is 2.33. The molecule has 1 amide bonds. The van der Waals surface area contributed by atoms with E-state index < -0.39 is 0 Å². The predicted octanol–water partition coefficient (Wildman–Crippen LogP) is 3.21. The molecule has 6 heteroatoms. The number of carbonyl (C=O) groups excluding carboxylic acids is 1. The van der Waals surface area contributed by atoms with Crippen molar-refractivity contribution in [3.63, 3.8) is 0 Å². The highest BCUT2D eigenvalue weighted by atomic mass is 35.5. The SMILES string of the molecule is NCCCOc1ccc(Cl)cc1-c1ccc(C(=O)N2CCOCC2)cc1. The van der Waals surface area contributed by atoms with Crippen molar-refractivity contribution in [1.29, 1.82) is 0 Å². The van der Waals surface area contributed by atoms with E-state index in [9.17, 15) is 4.79 Å². The summed E-state index contributed by atoms with van der Waals surface area (Å²) < 4.78 is 11.1. The number of nitrogens with zero attached hydrogens (tertiary/aromatic N) is 1. The van der Waals surface area contributed by atoms with E-state index in [-0.39, 0.29) is 5.91 Å². The Morgan fingerprint density at radius 2 is 1.88 bits per heavy atom. The van der Waals surface area contributed by atoms with E-state index in [1.165, 1.54) is 0 Å². The zero-order valence-corrected chi connectivity index (χ0v) is 15.4. The van der Waals surface area contributed by atoms with Crippen LogP contribution >= 0.6 is 11.6 Å². The van der Waals surface area contributed by atoms with Crippen molar-refractivity contribution in [3.05, 3.63) is 53.1 Å². The van der Waals surface area contributed by atoms with Crippen LogP contribution in [0, 0.1) is 0 Å². The molecule has 1 heterocycles. The van der Waals surface area contributed by atoms with Gasteiger partial charge in [0.15, 0.2) is 0 Å². The fraction of sp³-hybridized carbons (Fsp3) is 0.350. The number of carbonyl (C=O) groups is 1. The molecule has 2 aromatic carbocycles. The summed E-state index contributed by atoms with van der Waals surface area (Å²) in [5.74, 6) is 0.792. The van der Waals surface area contributed by atoms with Crippen LogP contribution in [0.4, 0.5) is 0 Å². The summed E-state index contributed by atoms with van der Waals surface area (Å²) in [5, 5.41) is 0.639. The topological polar surface area (TPSA) is 64.8 Å². The standard InChI is InChI=1S/C20H23ClN2O3/c21-17-6-7-19(26-11-1-8-22)18(14-17)15-2-4-16(5-3-15)20(24)23-9-12-25-13-10-23/h2-7,14H,1,8-13,22H2. The zero-order valence-electron chi connectivity index (χ0n) is 14.6. The summed E-state index contributed by atoms with van der Waals surface area (Å²) in [5.41, 5.74) is 8.05. The van der Waals surface area contributed by atoms with E-state index in [1.54, 1.807) is 6.07 Å². The Kier molecular flexibility index (Phi) is 6.50. The molecule has 0 bridgehead atoms. The van der Waals surface area contributed by atoms with Crippen LogP contribution in [0.5, 0.6) is 5.75 Å². The number of hydrogen-bond donors (Lipinski definition) is 1. The highest BCUT2D eigenvalue weighted by Gasteiger charge is 2.18. The lowest BCUT2D eigenvalue weighted by atomic mass is 10.0. The summed E-state index contributed by atoms with van der Waals surface area (Å²) in [6.07, 6.45) is 0.787. The van der Waals surface area contributed by atoms with Gasteiger partial charge in [0.2, 0.25) is 0 Å². The first-order valence-corrected chi connectivity index (χ1v) is 9.16. The Morgan fingerprint density at radius 3 is 2.58 bits per heavy atom. The number of amides is 1. The third-order valence-corrected chi connectivity index (χ3v) is 4.52. The number of rotatable bonds is 6. The van der Waals surface area contributed by atoms with Gasteiger partial charge in [-0.25, -0.2) is 0 Å². The van der Waals surface area contributed by atoms with Crippen LogP contribution in [0.2, 0.25) is 5.02 Å². The molecule has 3 rings (SSSR count). The lowest BCUT2D eigenvalue weighted by Gasteiger charge is -2.26. The summed E-state index contributed by atoms with van der Waals surface area (Å²) in [7, 11) is 0. The summed E-state index contributed by atoms with van der Waals surface area (Å²) in [6, 6.07) is 13.1. The van der Waals surface area contributed by atoms with Crippen LogP contribution < -0.4 is 10.5 Å². The van der Waals surface area contributed by atoms with Gasteiger partial charge in [-0.15, -0.1) is 0 Å². The molecule has 0 radical (unpaired) electrons. The summed E-state index contributed by atoms with van der Waals surface area (Å²) in [6.45, 7) is 3.59. The van der Waals surface area contributed by atoms with Gasteiger partial charge in [-0.3, -0.25) is 4.79 Å². The molecule has 2 N–H and O–H groups in total. The van der Waals surface area contributed by atoms with E-state index in [0.717, 1.165) is 23.3 Å². The minimum atomic E-state index is 0.0327. The van der Waals surface area contributed by atoms with Gasteiger partial charge in [0.25, 0.3) is 5.91 Å². The number of ether oxygens (including phenoxy) is 2. The molecular formula is C20H23ClN2O3. The van der Waals surface area contributed by atoms with Crippen molar-refractivity contribution in [1.82, 2.24) is 4.90 Å². The van der Waals surface area contributed by atoms with Gasteiger partial charge >= 0.3 is 0 Å². The van der Waals surface area contributed by atoms with Crippen LogP contribution in [0.25, 0.3) is 11.1 Å². The van der Waals surface area contributed by atoms with Gasteiger partial charge in [0.05, 0.1) is 19.8 Å². The van der Waals surface area contributed by atoms with Crippen molar-refractivity contribution in [2.24, 2.45) is 5.73 Å². The van der Waals surface area contributed by atoms with E-state index in [1.807, 2.05) is 41.3 Å². The first kappa shape index (κ1) is 18.7. The highest BCUT2D eigenvalue weighted by molar-refractivity contribution is 6.31. The molecule has 26 heavy (non-hydrogen) atoms. The number of halogens is 1. The average Bonchev–Trinajstić information content (AvgIpc) is 2.69. The number of morpholine rings is 1. The van der Waals surface area contributed by atoms with Gasteiger partial charge in [-0.05, 0) is 48.9 Å². The minimum Gasteiger partial charge on any atom is -0.493 e. The maximum Gasteiger partial charge on any atom is 0.254 e. The van der Waals surface area contributed by atoms with Crippen molar-refractivity contribution in [2.45, 2.75) is 6.42 Å². The predicted molar refractivity (Wildman–Crippen MR) is 103 cm³/mol. The van der Waals surface area contributed by atoms with Gasteiger partial charge in [-0.1, -0.05) is 23.7 Å². The molecule has 1 aliphatic heterocycles. The Morgan fingerprint density at radius 1 is 1.15 bits per heavy atom.